The van der Waals surface area contributed by atoms with E-state index in [0.717, 1.165) is 16.5 Å². The third-order valence-corrected chi connectivity index (χ3v) is 6.94. The van der Waals surface area contributed by atoms with Gasteiger partial charge in [-0.3, -0.25) is 9.10 Å². The van der Waals surface area contributed by atoms with E-state index in [1.54, 1.807) is 42.5 Å². The third-order valence-electron chi connectivity index (χ3n) is 4.59. The van der Waals surface area contributed by atoms with Crippen LogP contribution in [0.4, 0.5) is 5.69 Å². The molecule has 1 amide bonds. The predicted octanol–water partition coefficient (Wildman–Crippen LogP) is 3.73. The summed E-state index contributed by atoms with van der Waals surface area (Å²) in [6.45, 7) is 4.35. The van der Waals surface area contributed by atoms with Gasteiger partial charge in [-0.15, -0.1) is 0 Å². The number of amides is 1. The Bertz CT molecular complexity index is 926. The highest BCUT2D eigenvalue weighted by atomic mass is 79.9. The number of fused-ring (bicyclic) bond motifs is 1. The SMILES string of the molecule is CCC(C)NC(=O)c1ccc2c(c1)CCN2S(=O)(=O)c1ccc(Br)cc1. The molecule has 1 atom stereocenters. The van der Waals surface area contributed by atoms with Crippen molar-refractivity contribution >= 4 is 37.5 Å². The van der Waals surface area contributed by atoms with Crippen LogP contribution in [0.5, 0.6) is 0 Å². The maximum atomic E-state index is 12.9. The molecule has 1 heterocycles. The molecular formula is C19H21BrN2O3S. The van der Waals surface area contributed by atoms with Gasteiger partial charge in [-0.2, -0.15) is 0 Å². The Labute approximate surface area is 162 Å². The first-order valence-corrected chi connectivity index (χ1v) is 10.8. The maximum Gasteiger partial charge on any atom is 0.264 e. The normalized spacial score (nSPS) is 14.8. The largest absolute Gasteiger partial charge is 0.350 e. The van der Waals surface area contributed by atoms with Crippen LogP contribution < -0.4 is 9.62 Å². The standard InChI is InChI=1S/C19H21BrN2O3S/c1-3-13(2)21-19(23)15-4-9-18-14(12-15)10-11-22(18)26(24,25)17-7-5-16(20)6-8-17/h4-9,12-13H,3,10-11H2,1-2H3,(H,21,23). The van der Waals surface area contributed by atoms with E-state index in [9.17, 15) is 13.2 Å². The van der Waals surface area contributed by atoms with Crippen molar-refractivity contribution in [3.63, 3.8) is 0 Å². The molecule has 26 heavy (non-hydrogen) atoms. The topological polar surface area (TPSA) is 66.5 Å². The third kappa shape index (κ3) is 3.64. The average Bonchev–Trinajstić information content (AvgIpc) is 3.05. The van der Waals surface area contributed by atoms with Gasteiger partial charge in [0, 0.05) is 22.6 Å². The molecule has 7 heteroatoms. The number of carbonyl (C=O) groups is 1. The Hall–Kier alpha value is -1.86. The number of hydrogen-bond donors (Lipinski definition) is 1. The number of anilines is 1. The lowest BCUT2D eigenvalue weighted by Crippen LogP contribution is -2.32. The zero-order chi connectivity index (χ0) is 18.9. The maximum absolute atomic E-state index is 12.9. The minimum absolute atomic E-state index is 0.102. The van der Waals surface area contributed by atoms with Crippen molar-refractivity contribution in [3.05, 3.63) is 58.1 Å². The van der Waals surface area contributed by atoms with Crippen LogP contribution in [-0.4, -0.2) is 26.9 Å². The van der Waals surface area contributed by atoms with Crippen molar-refractivity contribution in [2.45, 2.75) is 37.6 Å². The minimum Gasteiger partial charge on any atom is -0.350 e. The van der Waals surface area contributed by atoms with Crippen LogP contribution >= 0.6 is 15.9 Å². The lowest BCUT2D eigenvalue weighted by Gasteiger charge is -2.20. The Morgan fingerprint density at radius 1 is 1.23 bits per heavy atom. The first-order valence-electron chi connectivity index (χ1n) is 8.55. The molecule has 1 aliphatic heterocycles. The second-order valence-electron chi connectivity index (χ2n) is 6.41. The van der Waals surface area contributed by atoms with Crippen LogP contribution in [0.25, 0.3) is 0 Å². The van der Waals surface area contributed by atoms with Crippen LogP contribution in [0, 0.1) is 0 Å². The number of nitrogens with one attached hydrogen (secondary N) is 1. The smallest absolute Gasteiger partial charge is 0.264 e. The lowest BCUT2D eigenvalue weighted by atomic mass is 10.1. The van der Waals surface area contributed by atoms with Gasteiger partial charge in [-0.05, 0) is 67.8 Å². The summed E-state index contributed by atoms with van der Waals surface area (Å²) < 4.78 is 28.1. The molecule has 0 aromatic heterocycles. The molecule has 1 N–H and O–H groups in total. The van der Waals surface area contributed by atoms with Crippen molar-refractivity contribution in [1.29, 1.82) is 0 Å². The van der Waals surface area contributed by atoms with E-state index < -0.39 is 10.0 Å². The van der Waals surface area contributed by atoms with Crippen molar-refractivity contribution in [1.82, 2.24) is 5.32 Å². The van der Waals surface area contributed by atoms with E-state index in [0.29, 0.717) is 24.2 Å². The van der Waals surface area contributed by atoms with Crippen molar-refractivity contribution in [2.75, 3.05) is 10.8 Å². The summed E-state index contributed by atoms with van der Waals surface area (Å²) in [5.41, 5.74) is 2.09. The Kier molecular flexibility index (Phi) is 5.39. The number of rotatable bonds is 5. The van der Waals surface area contributed by atoms with Crippen LogP contribution in [0.1, 0.15) is 36.2 Å². The summed E-state index contributed by atoms with van der Waals surface area (Å²) in [6.07, 6.45) is 1.45. The van der Waals surface area contributed by atoms with Gasteiger partial charge in [-0.1, -0.05) is 22.9 Å². The average molecular weight is 437 g/mol. The van der Waals surface area contributed by atoms with Gasteiger partial charge in [0.2, 0.25) is 0 Å². The van der Waals surface area contributed by atoms with Crippen LogP contribution in [0.15, 0.2) is 51.8 Å². The van der Waals surface area contributed by atoms with Crippen LogP contribution in [0.3, 0.4) is 0 Å². The van der Waals surface area contributed by atoms with Crippen LogP contribution in [0.2, 0.25) is 0 Å². The monoisotopic (exact) mass is 436 g/mol. The number of halogens is 1. The van der Waals surface area contributed by atoms with Gasteiger partial charge in [0.25, 0.3) is 15.9 Å². The van der Waals surface area contributed by atoms with Crippen molar-refractivity contribution in [2.24, 2.45) is 0 Å². The fourth-order valence-electron chi connectivity index (χ4n) is 2.91. The highest BCUT2D eigenvalue weighted by molar-refractivity contribution is 9.10. The molecule has 1 aliphatic rings. The van der Waals surface area contributed by atoms with E-state index in [1.165, 1.54) is 4.31 Å². The molecule has 5 nitrogen and oxygen atoms in total. The van der Waals surface area contributed by atoms with Gasteiger partial charge in [0.05, 0.1) is 10.6 Å². The van der Waals surface area contributed by atoms with Gasteiger partial charge < -0.3 is 5.32 Å². The van der Waals surface area contributed by atoms with E-state index in [2.05, 4.69) is 21.2 Å². The molecule has 138 valence electrons. The highest BCUT2D eigenvalue weighted by Gasteiger charge is 2.31. The summed E-state index contributed by atoms with van der Waals surface area (Å²) in [6, 6.07) is 11.9. The fourth-order valence-corrected chi connectivity index (χ4v) is 4.67. The fraction of sp³-hybridized carbons (Fsp3) is 0.316. The van der Waals surface area contributed by atoms with E-state index in [-0.39, 0.29) is 16.8 Å². The molecule has 0 bridgehead atoms. The number of sulfonamides is 1. The summed E-state index contributed by atoms with van der Waals surface area (Å²) >= 11 is 3.32. The molecular weight excluding hydrogens is 416 g/mol. The summed E-state index contributed by atoms with van der Waals surface area (Å²) in [4.78, 5) is 12.6. The Balaban J connectivity index is 1.88. The molecule has 0 saturated carbocycles. The molecule has 2 aromatic rings. The number of hydrogen-bond acceptors (Lipinski definition) is 3. The van der Waals surface area contributed by atoms with Crippen molar-refractivity contribution < 1.29 is 13.2 Å². The van der Waals surface area contributed by atoms with Gasteiger partial charge in [0.1, 0.15) is 0 Å². The molecule has 1 unspecified atom stereocenters. The summed E-state index contributed by atoms with van der Waals surface area (Å²) in [5.74, 6) is -0.128. The molecule has 0 saturated heterocycles. The van der Waals surface area contributed by atoms with Gasteiger partial charge >= 0.3 is 0 Å². The first kappa shape index (κ1) is 18.9. The number of nitrogens with zero attached hydrogens (tertiary/aromatic N) is 1. The van der Waals surface area contributed by atoms with Gasteiger partial charge in [0.15, 0.2) is 0 Å². The molecule has 0 radical (unpaired) electrons. The first-order chi connectivity index (χ1) is 12.3. The molecule has 0 aliphatic carbocycles. The zero-order valence-electron chi connectivity index (χ0n) is 14.7. The van der Waals surface area contributed by atoms with E-state index >= 15 is 0 Å². The minimum atomic E-state index is -3.61. The predicted molar refractivity (Wildman–Crippen MR) is 106 cm³/mol. The molecule has 2 aromatic carbocycles. The second-order valence-corrected chi connectivity index (χ2v) is 9.19. The number of benzene rings is 2. The Morgan fingerprint density at radius 3 is 2.58 bits per heavy atom. The summed E-state index contributed by atoms with van der Waals surface area (Å²) in [7, 11) is -3.61. The second kappa shape index (κ2) is 7.40. The van der Waals surface area contributed by atoms with Crippen molar-refractivity contribution in [3.8, 4) is 0 Å². The van der Waals surface area contributed by atoms with E-state index in [4.69, 9.17) is 0 Å². The van der Waals surface area contributed by atoms with Crippen LogP contribution in [-0.2, 0) is 16.4 Å². The van der Waals surface area contributed by atoms with E-state index in [1.807, 2.05) is 13.8 Å². The molecule has 0 spiro atoms. The summed E-state index contributed by atoms with van der Waals surface area (Å²) in [5, 5.41) is 2.93. The Morgan fingerprint density at radius 2 is 1.92 bits per heavy atom. The van der Waals surface area contributed by atoms with Gasteiger partial charge in [-0.25, -0.2) is 8.42 Å². The molecule has 0 fully saturated rings. The quantitative estimate of drug-likeness (QED) is 0.776. The lowest BCUT2D eigenvalue weighted by molar-refractivity contribution is 0.0939. The zero-order valence-corrected chi connectivity index (χ0v) is 17.1. The molecule has 3 rings (SSSR count). The number of carbonyl (C=O) groups excluding carboxylic acids is 1. The highest BCUT2D eigenvalue weighted by Crippen LogP contribution is 2.33.